The lowest BCUT2D eigenvalue weighted by Gasteiger charge is -2.29. The van der Waals surface area contributed by atoms with Crippen LogP contribution in [0, 0.1) is 11.8 Å². The minimum absolute atomic E-state index is 0.345. The average Bonchev–Trinajstić information content (AvgIpc) is 2.15. The van der Waals surface area contributed by atoms with Gasteiger partial charge in [-0.05, 0) is 44.8 Å². The van der Waals surface area contributed by atoms with Gasteiger partial charge in [-0.15, -0.1) is 0 Å². The molecule has 1 atom stereocenters. The molecule has 0 radical (unpaired) electrons. The molecule has 1 saturated heterocycles. The summed E-state index contributed by atoms with van der Waals surface area (Å²) in [5.41, 5.74) is 5.67. The number of nitrogens with two attached hydrogens (primary N) is 1. The molecule has 0 bridgehead atoms. The van der Waals surface area contributed by atoms with Crippen LogP contribution < -0.4 is 11.1 Å². The van der Waals surface area contributed by atoms with Gasteiger partial charge in [0.2, 0.25) is 0 Å². The number of sulfone groups is 1. The Morgan fingerprint density at radius 2 is 2.00 bits per heavy atom. The number of rotatable bonds is 4. The second-order valence-corrected chi connectivity index (χ2v) is 6.35. The summed E-state index contributed by atoms with van der Waals surface area (Å²) in [5, 5.41) is 3.11. The van der Waals surface area contributed by atoms with Gasteiger partial charge in [0.05, 0.1) is 11.5 Å². The van der Waals surface area contributed by atoms with Crippen molar-refractivity contribution < 1.29 is 8.42 Å². The Kier molecular flexibility index (Phi) is 4.34. The molecule has 5 heteroatoms. The van der Waals surface area contributed by atoms with Crippen LogP contribution in [-0.2, 0) is 9.84 Å². The average molecular weight is 220 g/mol. The van der Waals surface area contributed by atoms with E-state index in [0.717, 1.165) is 19.4 Å². The minimum Gasteiger partial charge on any atom is -0.330 e. The Morgan fingerprint density at radius 1 is 1.43 bits per heavy atom. The molecule has 1 aliphatic heterocycles. The van der Waals surface area contributed by atoms with E-state index in [2.05, 4.69) is 5.32 Å². The van der Waals surface area contributed by atoms with E-state index in [1.54, 1.807) is 0 Å². The molecule has 4 nitrogen and oxygen atoms in total. The second-order valence-electron chi connectivity index (χ2n) is 4.04. The predicted molar refractivity (Wildman–Crippen MR) is 57.8 cm³/mol. The van der Waals surface area contributed by atoms with Crippen molar-refractivity contribution in [1.82, 2.24) is 5.32 Å². The summed E-state index contributed by atoms with van der Waals surface area (Å²) in [4.78, 5) is 0. The van der Waals surface area contributed by atoms with Gasteiger partial charge in [-0.1, -0.05) is 0 Å². The van der Waals surface area contributed by atoms with E-state index in [9.17, 15) is 8.42 Å². The quantitative estimate of drug-likeness (QED) is 0.676. The molecule has 3 N–H and O–H groups in total. The fraction of sp³-hybridized carbons (Fsp3) is 1.00. The third-order valence-electron chi connectivity index (χ3n) is 3.04. The molecular weight excluding hydrogens is 200 g/mol. The number of nitrogens with one attached hydrogen (secondary N) is 1. The van der Waals surface area contributed by atoms with Gasteiger partial charge in [0.1, 0.15) is 9.84 Å². The molecule has 0 saturated carbocycles. The van der Waals surface area contributed by atoms with Crippen molar-refractivity contribution in [3.63, 3.8) is 0 Å². The van der Waals surface area contributed by atoms with Crippen molar-refractivity contribution in [2.24, 2.45) is 17.6 Å². The Morgan fingerprint density at radius 3 is 2.43 bits per heavy atom. The highest BCUT2D eigenvalue weighted by Crippen LogP contribution is 2.25. The first-order chi connectivity index (χ1) is 6.59. The van der Waals surface area contributed by atoms with Crippen molar-refractivity contribution in [2.75, 3.05) is 31.6 Å². The molecule has 0 spiro atoms. The first-order valence-electron chi connectivity index (χ1n) is 5.14. The minimum atomic E-state index is -2.73. The van der Waals surface area contributed by atoms with Crippen LogP contribution in [0.5, 0.6) is 0 Å². The van der Waals surface area contributed by atoms with Gasteiger partial charge in [0.15, 0.2) is 0 Å². The van der Waals surface area contributed by atoms with Gasteiger partial charge >= 0.3 is 0 Å². The zero-order chi connectivity index (χ0) is 10.6. The maximum atomic E-state index is 11.2. The van der Waals surface area contributed by atoms with Crippen molar-refractivity contribution in [3.05, 3.63) is 0 Å². The van der Waals surface area contributed by atoms with Gasteiger partial charge in [-0.3, -0.25) is 0 Å². The first-order valence-corrected chi connectivity index (χ1v) is 6.96. The SMILES string of the molecule is CNCC(CN)C1CCS(=O)(=O)CC1. The molecule has 0 aliphatic carbocycles. The zero-order valence-corrected chi connectivity index (χ0v) is 9.52. The van der Waals surface area contributed by atoms with E-state index in [1.165, 1.54) is 0 Å². The molecule has 0 aromatic rings. The molecule has 1 fully saturated rings. The predicted octanol–water partition coefficient (Wildman–Crippen LogP) is -0.394. The first kappa shape index (κ1) is 11.9. The summed E-state index contributed by atoms with van der Waals surface area (Å²) in [6, 6.07) is 0. The topological polar surface area (TPSA) is 72.2 Å². The summed E-state index contributed by atoms with van der Waals surface area (Å²) in [6.45, 7) is 1.53. The lowest BCUT2D eigenvalue weighted by Crippen LogP contribution is -2.36. The third kappa shape index (κ3) is 3.22. The molecular formula is C9H20N2O2S. The molecule has 1 unspecified atom stereocenters. The molecule has 14 heavy (non-hydrogen) atoms. The van der Waals surface area contributed by atoms with Gasteiger partial charge in [0.25, 0.3) is 0 Å². The summed E-state index contributed by atoms with van der Waals surface area (Å²) < 4.78 is 22.4. The third-order valence-corrected chi connectivity index (χ3v) is 4.75. The largest absolute Gasteiger partial charge is 0.330 e. The van der Waals surface area contributed by atoms with Crippen molar-refractivity contribution in [3.8, 4) is 0 Å². The summed E-state index contributed by atoms with van der Waals surface area (Å²) in [5.74, 6) is 1.60. The van der Waals surface area contributed by atoms with Crippen molar-refractivity contribution >= 4 is 9.84 Å². The summed E-state index contributed by atoms with van der Waals surface area (Å²) >= 11 is 0. The van der Waals surface area contributed by atoms with E-state index in [4.69, 9.17) is 5.73 Å². The number of hydrogen-bond acceptors (Lipinski definition) is 4. The fourth-order valence-electron chi connectivity index (χ4n) is 2.08. The highest BCUT2D eigenvalue weighted by molar-refractivity contribution is 7.91. The maximum absolute atomic E-state index is 11.2. The van der Waals surface area contributed by atoms with Crippen LogP contribution >= 0.6 is 0 Å². The van der Waals surface area contributed by atoms with Crippen molar-refractivity contribution in [2.45, 2.75) is 12.8 Å². The van der Waals surface area contributed by atoms with Gasteiger partial charge in [-0.25, -0.2) is 8.42 Å². The molecule has 1 rings (SSSR count). The molecule has 1 heterocycles. The summed E-state index contributed by atoms with van der Waals surface area (Å²) in [6.07, 6.45) is 1.57. The molecule has 0 aromatic heterocycles. The Balaban J connectivity index is 2.47. The maximum Gasteiger partial charge on any atom is 0.150 e. The van der Waals surface area contributed by atoms with Crippen LogP contribution in [0.4, 0.5) is 0 Å². The van der Waals surface area contributed by atoms with E-state index in [0.29, 0.717) is 29.9 Å². The standard InChI is InChI=1S/C9H20N2O2S/c1-11-7-9(6-10)8-2-4-14(12,13)5-3-8/h8-9,11H,2-7,10H2,1H3. The lowest BCUT2D eigenvalue weighted by atomic mass is 9.87. The lowest BCUT2D eigenvalue weighted by molar-refractivity contribution is 0.306. The molecule has 84 valence electrons. The number of hydrogen-bond donors (Lipinski definition) is 2. The Bertz CT molecular complexity index is 250. The van der Waals surface area contributed by atoms with Gasteiger partial charge in [0, 0.05) is 0 Å². The molecule has 0 amide bonds. The Hall–Kier alpha value is -0.130. The normalized spacial score (nSPS) is 24.7. The second kappa shape index (κ2) is 5.09. The smallest absolute Gasteiger partial charge is 0.150 e. The van der Waals surface area contributed by atoms with Gasteiger partial charge in [-0.2, -0.15) is 0 Å². The van der Waals surface area contributed by atoms with Crippen LogP contribution in [0.2, 0.25) is 0 Å². The Labute approximate surface area is 86.2 Å². The van der Waals surface area contributed by atoms with E-state index in [1.807, 2.05) is 7.05 Å². The van der Waals surface area contributed by atoms with Crippen LogP contribution in [0.25, 0.3) is 0 Å². The van der Waals surface area contributed by atoms with E-state index >= 15 is 0 Å². The van der Waals surface area contributed by atoms with Crippen LogP contribution in [0.15, 0.2) is 0 Å². The van der Waals surface area contributed by atoms with E-state index in [-0.39, 0.29) is 0 Å². The summed E-state index contributed by atoms with van der Waals surface area (Å²) in [7, 11) is -0.829. The van der Waals surface area contributed by atoms with Gasteiger partial charge < -0.3 is 11.1 Å². The van der Waals surface area contributed by atoms with Crippen LogP contribution in [0.1, 0.15) is 12.8 Å². The van der Waals surface area contributed by atoms with E-state index < -0.39 is 9.84 Å². The van der Waals surface area contributed by atoms with Crippen molar-refractivity contribution in [1.29, 1.82) is 0 Å². The zero-order valence-electron chi connectivity index (χ0n) is 8.70. The highest BCUT2D eigenvalue weighted by atomic mass is 32.2. The molecule has 1 aliphatic rings. The highest BCUT2D eigenvalue weighted by Gasteiger charge is 2.28. The monoisotopic (exact) mass is 220 g/mol. The van der Waals surface area contributed by atoms with Crippen LogP contribution in [0.3, 0.4) is 0 Å². The molecule has 0 aromatic carbocycles. The van der Waals surface area contributed by atoms with Crippen LogP contribution in [-0.4, -0.2) is 40.1 Å². The fourth-order valence-corrected chi connectivity index (χ4v) is 3.61.